The number of aromatic carboxylic acids is 1. The molecular formula is C13H13NO4. The van der Waals surface area contributed by atoms with E-state index in [2.05, 4.69) is 4.98 Å². The van der Waals surface area contributed by atoms with E-state index in [1.807, 2.05) is 6.07 Å². The molecule has 1 heterocycles. The summed E-state index contributed by atoms with van der Waals surface area (Å²) >= 11 is 0. The Morgan fingerprint density at radius 3 is 2.56 bits per heavy atom. The van der Waals surface area contributed by atoms with Crippen molar-refractivity contribution in [2.24, 2.45) is 0 Å². The topological polar surface area (TPSA) is 68.7 Å². The van der Waals surface area contributed by atoms with Crippen molar-refractivity contribution in [3.05, 3.63) is 41.6 Å². The van der Waals surface area contributed by atoms with Crippen LogP contribution in [0.4, 0.5) is 0 Å². The van der Waals surface area contributed by atoms with Crippen LogP contribution in [0, 0.1) is 0 Å². The largest absolute Gasteiger partial charge is 0.478 e. The number of hydrogen-bond acceptors (Lipinski definition) is 4. The van der Waals surface area contributed by atoms with E-state index in [-0.39, 0.29) is 5.56 Å². The summed E-state index contributed by atoms with van der Waals surface area (Å²) in [5.41, 5.74) is 1.14. The van der Waals surface area contributed by atoms with Crippen molar-refractivity contribution >= 4 is 16.9 Å². The third-order valence-electron chi connectivity index (χ3n) is 2.64. The fraction of sp³-hybridized carbons (Fsp3) is 0.231. The van der Waals surface area contributed by atoms with Gasteiger partial charge in [0.05, 0.1) is 16.8 Å². The van der Waals surface area contributed by atoms with Gasteiger partial charge < -0.3 is 14.6 Å². The lowest BCUT2D eigenvalue weighted by atomic mass is 10.1. The molecule has 0 fully saturated rings. The molecule has 5 heteroatoms. The molecule has 0 aliphatic heterocycles. The molecule has 0 spiro atoms. The SMILES string of the molecule is COC(OC)c1ccc2cccc(C(=O)O)c2n1. The molecule has 18 heavy (non-hydrogen) atoms. The maximum Gasteiger partial charge on any atom is 0.337 e. The van der Waals surface area contributed by atoms with E-state index >= 15 is 0 Å². The number of pyridine rings is 1. The lowest BCUT2D eigenvalue weighted by Crippen LogP contribution is -2.07. The van der Waals surface area contributed by atoms with Crippen LogP contribution in [-0.2, 0) is 9.47 Å². The minimum absolute atomic E-state index is 0.167. The highest BCUT2D eigenvalue weighted by Gasteiger charge is 2.14. The van der Waals surface area contributed by atoms with Gasteiger partial charge in [-0.05, 0) is 12.1 Å². The first kappa shape index (κ1) is 12.5. The average molecular weight is 247 g/mol. The molecule has 0 atom stereocenters. The summed E-state index contributed by atoms with van der Waals surface area (Å²) in [5, 5.41) is 9.89. The zero-order valence-electron chi connectivity index (χ0n) is 10.1. The molecule has 1 aromatic heterocycles. The molecule has 1 N–H and O–H groups in total. The minimum atomic E-state index is -1.00. The van der Waals surface area contributed by atoms with Gasteiger partial charge in [0.2, 0.25) is 6.29 Å². The first-order valence-corrected chi connectivity index (χ1v) is 5.36. The van der Waals surface area contributed by atoms with E-state index < -0.39 is 12.3 Å². The molecule has 94 valence electrons. The molecule has 2 aromatic rings. The second-order valence-electron chi connectivity index (χ2n) is 3.72. The molecule has 0 saturated carbocycles. The Hall–Kier alpha value is -1.98. The number of carboxylic acid groups (broad SMARTS) is 1. The van der Waals surface area contributed by atoms with E-state index in [1.165, 1.54) is 20.3 Å². The normalized spacial score (nSPS) is 11.1. The van der Waals surface area contributed by atoms with E-state index in [4.69, 9.17) is 14.6 Å². The van der Waals surface area contributed by atoms with E-state index in [0.717, 1.165) is 5.39 Å². The maximum absolute atomic E-state index is 11.1. The smallest absolute Gasteiger partial charge is 0.337 e. The number of carboxylic acids is 1. The van der Waals surface area contributed by atoms with Crippen molar-refractivity contribution in [1.29, 1.82) is 0 Å². The monoisotopic (exact) mass is 247 g/mol. The van der Waals surface area contributed by atoms with Gasteiger partial charge in [0.25, 0.3) is 0 Å². The van der Waals surface area contributed by atoms with Crippen LogP contribution in [-0.4, -0.2) is 30.3 Å². The number of methoxy groups -OCH3 is 2. The van der Waals surface area contributed by atoms with Gasteiger partial charge in [-0.1, -0.05) is 18.2 Å². The number of fused-ring (bicyclic) bond motifs is 1. The van der Waals surface area contributed by atoms with Crippen molar-refractivity contribution in [2.45, 2.75) is 6.29 Å². The highest BCUT2D eigenvalue weighted by Crippen LogP contribution is 2.22. The van der Waals surface area contributed by atoms with Crippen molar-refractivity contribution in [3.8, 4) is 0 Å². The third kappa shape index (κ3) is 2.18. The molecule has 5 nitrogen and oxygen atoms in total. The Kier molecular flexibility index (Phi) is 3.55. The second-order valence-corrected chi connectivity index (χ2v) is 3.72. The number of rotatable bonds is 4. The third-order valence-corrected chi connectivity index (χ3v) is 2.64. The van der Waals surface area contributed by atoms with E-state index in [9.17, 15) is 4.79 Å². The number of ether oxygens (including phenoxy) is 2. The van der Waals surface area contributed by atoms with Gasteiger partial charge in [-0.3, -0.25) is 0 Å². The highest BCUT2D eigenvalue weighted by molar-refractivity contribution is 6.01. The molecule has 0 aliphatic rings. The summed E-state index contributed by atoms with van der Waals surface area (Å²) in [7, 11) is 3.01. The van der Waals surface area contributed by atoms with Crippen LogP contribution in [0.3, 0.4) is 0 Å². The zero-order valence-corrected chi connectivity index (χ0v) is 10.1. The molecule has 0 amide bonds. The first-order valence-electron chi connectivity index (χ1n) is 5.36. The quantitative estimate of drug-likeness (QED) is 0.839. The van der Waals surface area contributed by atoms with Crippen LogP contribution in [0.15, 0.2) is 30.3 Å². The molecule has 0 bridgehead atoms. The maximum atomic E-state index is 11.1. The van der Waals surface area contributed by atoms with Crippen LogP contribution in [0.2, 0.25) is 0 Å². The van der Waals surface area contributed by atoms with Crippen LogP contribution in [0.5, 0.6) is 0 Å². The second kappa shape index (κ2) is 5.12. The van der Waals surface area contributed by atoms with Crippen molar-refractivity contribution in [1.82, 2.24) is 4.98 Å². The van der Waals surface area contributed by atoms with Gasteiger partial charge in [0, 0.05) is 19.6 Å². The number of benzene rings is 1. The van der Waals surface area contributed by atoms with Crippen molar-refractivity contribution in [2.75, 3.05) is 14.2 Å². The Morgan fingerprint density at radius 2 is 1.94 bits per heavy atom. The average Bonchev–Trinajstić information content (AvgIpc) is 2.39. The van der Waals surface area contributed by atoms with Gasteiger partial charge in [0.15, 0.2) is 0 Å². The van der Waals surface area contributed by atoms with Crippen molar-refractivity contribution < 1.29 is 19.4 Å². The minimum Gasteiger partial charge on any atom is -0.478 e. The summed E-state index contributed by atoms with van der Waals surface area (Å²) in [6.07, 6.45) is -0.601. The number of para-hydroxylation sites is 1. The van der Waals surface area contributed by atoms with Gasteiger partial charge in [-0.25, -0.2) is 9.78 Å². The van der Waals surface area contributed by atoms with Gasteiger partial charge >= 0.3 is 5.97 Å². The van der Waals surface area contributed by atoms with Gasteiger partial charge in [-0.2, -0.15) is 0 Å². The Labute approximate surface area is 104 Å². The fourth-order valence-corrected chi connectivity index (χ4v) is 1.80. The summed E-state index contributed by atoms with van der Waals surface area (Å²) in [4.78, 5) is 15.4. The number of hydrogen-bond donors (Lipinski definition) is 1. The Morgan fingerprint density at radius 1 is 1.22 bits per heavy atom. The lowest BCUT2D eigenvalue weighted by molar-refractivity contribution is -0.108. The van der Waals surface area contributed by atoms with E-state index in [0.29, 0.717) is 11.2 Å². The fourth-order valence-electron chi connectivity index (χ4n) is 1.80. The molecule has 0 aliphatic carbocycles. The molecule has 0 radical (unpaired) electrons. The summed E-state index contributed by atoms with van der Waals surface area (Å²) in [6, 6.07) is 8.58. The molecule has 0 saturated heterocycles. The molecule has 0 unspecified atom stereocenters. The van der Waals surface area contributed by atoms with E-state index in [1.54, 1.807) is 18.2 Å². The zero-order chi connectivity index (χ0) is 13.1. The summed E-state index contributed by atoms with van der Waals surface area (Å²) < 4.78 is 10.2. The van der Waals surface area contributed by atoms with Crippen LogP contribution in [0.1, 0.15) is 22.3 Å². The first-order chi connectivity index (χ1) is 8.67. The van der Waals surface area contributed by atoms with Gasteiger partial charge in [0.1, 0.15) is 0 Å². The standard InChI is InChI=1S/C13H13NO4/c1-17-13(18-2)10-7-6-8-4-3-5-9(12(15)16)11(8)14-10/h3-7,13H,1-2H3,(H,15,16). The number of aromatic nitrogens is 1. The molecule has 2 rings (SSSR count). The predicted octanol–water partition coefficient (Wildman–Crippen LogP) is 2.22. The number of carbonyl (C=O) groups is 1. The lowest BCUT2D eigenvalue weighted by Gasteiger charge is -2.13. The molecule has 1 aromatic carbocycles. The Balaban J connectivity index is 2.62. The summed E-state index contributed by atoms with van der Waals surface area (Å²) in [6.45, 7) is 0. The van der Waals surface area contributed by atoms with Crippen molar-refractivity contribution in [3.63, 3.8) is 0 Å². The summed E-state index contributed by atoms with van der Waals surface area (Å²) in [5.74, 6) is -1.00. The van der Waals surface area contributed by atoms with Crippen LogP contribution in [0.25, 0.3) is 10.9 Å². The van der Waals surface area contributed by atoms with Gasteiger partial charge in [-0.15, -0.1) is 0 Å². The molecular weight excluding hydrogens is 234 g/mol. The Bertz CT molecular complexity index is 578. The van der Waals surface area contributed by atoms with Crippen LogP contribution < -0.4 is 0 Å². The highest BCUT2D eigenvalue weighted by atomic mass is 16.7. The van der Waals surface area contributed by atoms with Crippen LogP contribution >= 0.6 is 0 Å². The number of nitrogens with zero attached hydrogens (tertiary/aromatic N) is 1. The predicted molar refractivity (Wildman–Crippen MR) is 65.5 cm³/mol.